The molecule has 0 saturated carbocycles. The molecule has 0 radical (unpaired) electrons. The Labute approximate surface area is 74.6 Å². The van der Waals surface area contributed by atoms with Crippen LogP contribution in [0.15, 0.2) is 29.4 Å². The van der Waals surface area contributed by atoms with Gasteiger partial charge in [0.2, 0.25) is 0 Å². The van der Waals surface area contributed by atoms with Gasteiger partial charge in [-0.2, -0.15) is 0 Å². The Bertz CT molecular complexity index is 245. The first-order chi connectivity index (χ1) is 5.40. The van der Waals surface area contributed by atoms with E-state index in [0.717, 1.165) is 5.84 Å². The molecule has 4 heteroatoms. The van der Waals surface area contributed by atoms with Gasteiger partial charge in [-0.15, -0.1) is 11.8 Å². The van der Waals surface area contributed by atoms with Gasteiger partial charge in [0.05, 0.1) is 0 Å². The third-order valence-corrected chi connectivity index (χ3v) is 3.61. The molecule has 0 amide bonds. The van der Waals surface area contributed by atoms with Gasteiger partial charge in [0.25, 0.3) is 0 Å². The van der Waals surface area contributed by atoms with Crippen molar-refractivity contribution < 1.29 is 0 Å². The molecule has 2 rings (SSSR count). The standard InChI is InChI=1S/C7H8N2S2/c1-10-7-8-6-4-2-3-5-9(6)11-7/h2-5,7H,1H3. The van der Waals surface area contributed by atoms with E-state index in [4.69, 9.17) is 0 Å². The maximum atomic E-state index is 4.46. The molecule has 0 aromatic heterocycles. The van der Waals surface area contributed by atoms with Gasteiger partial charge in [-0.25, -0.2) is 4.99 Å². The largest absolute Gasteiger partial charge is 0.273 e. The molecule has 0 bridgehead atoms. The SMILES string of the molecule is CSC1N=C2C=CC=CN2S1. The van der Waals surface area contributed by atoms with Crippen LogP contribution in [0.2, 0.25) is 0 Å². The van der Waals surface area contributed by atoms with Crippen LogP contribution in [0.5, 0.6) is 0 Å². The summed E-state index contributed by atoms with van der Waals surface area (Å²) in [6.07, 6.45) is 10.2. The van der Waals surface area contributed by atoms with E-state index in [2.05, 4.69) is 15.6 Å². The van der Waals surface area contributed by atoms with Crippen LogP contribution in [-0.2, 0) is 0 Å². The number of rotatable bonds is 1. The van der Waals surface area contributed by atoms with Gasteiger partial charge in [-0.1, -0.05) is 6.08 Å². The molecule has 11 heavy (non-hydrogen) atoms. The Morgan fingerprint density at radius 1 is 1.64 bits per heavy atom. The summed E-state index contributed by atoms with van der Waals surface area (Å²) in [7, 11) is 0. The maximum absolute atomic E-state index is 4.46. The number of nitrogens with zero attached hydrogens (tertiary/aromatic N) is 2. The summed E-state index contributed by atoms with van der Waals surface area (Å²) in [4.78, 5) is 4.46. The van der Waals surface area contributed by atoms with E-state index in [1.54, 1.807) is 23.7 Å². The molecule has 0 fully saturated rings. The summed E-state index contributed by atoms with van der Waals surface area (Å²) < 4.78 is 2.44. The highest BCUT2D eigenvalue weighted by atomic mass is 32.2. The number of amidine groups is 1. The minimum absolute atomic E-state index is 0.345. The van der Waals surface area contributed by atoms with Gasteiger partial charge in [-0.05, 0) is 30.4 Å². The summed E-state index contributed by atoms with van der Waals surface area (Å²) in [5.74, 6) is 1.07. The molecule has 2 aliphatic rings. The molecule has 0 N–H and O–H groups in total. The minimum Gasteiger partial charge on any atom is -0.273 e. The highest BCUT2D eigenvalue weighted by Crippen LogP contribution is 2.34. The second-order valence-electron chi connectivity index (χ2n) is 2.16. The molecular formula is C7H8N2S2. The van der Waals surface area contributed by atoms with E-state index < -0.39 is 0 Å². The molecule has 2 aliphatic heterocycles. The predicted molar refractivity (Wildman–Crippen MR) is 52.4 cm³/mol. The monoisotopic (exact) mass is 184 g/mol. The molecule has 1 unspecified atom stereocenters. The number of hydrogen-bond acceptors (Lipinski definition) is 4. The van der Waals surface area contributed by atoms with E-state index in [1.807, 2.05) is 24.4 Å². The second kappa shape index (κ2) is 2.95. The number of aliphatic imine (C=N–C) groups is 1. The first kappa shape index (κ1) is 7.31. The molecule has 2 heterocycles. The van der Waals surface area contributed by atoms with E-state index in [0.29, 0.717) is 4.71 Å². The third kappa shape index (κ3) is 1.32. The van der Waals surface area contributed by atoms with Crippen LogP contribution in [0.25, 0.3) is 0 Å². The Kier molecular flexibility index (Phi) is 1.96. The van der Waals surface area contributed by atoms with Crippen molar-refractivity contribution >= 4 is 29.5 Å². The average molecular weight is 184 g/mol. The third-order valence-electron chi connectivity index (χ3n) is 1.45. The van der Waals surface area contributed by atoms with Crippen molar-refractivity contribution in [1.82, 2.24) is 4.31 Å². The summed E-state index contributed by atoms with van der Waals surface area (Å²) in [5, 5.41) is 0. The van der Waals surface area contributed by atoms with Crippen LogP contribution in [-0.4, -0.2) is 21.1 Å². The average Bonchev–Trinajstić information content (AvgIpc) is 2.46. The molecule has 58 valence electrons. The molecule has 0 saturated heterocycles. The normalized spacial score (nSPS) is 27.2. The highest BCUT2D eigenvalue weighted by molar-refractivity contribution is 8.16. The summed E-state index contributed by atoms with van der Waals surface area (Å²) in [6.45, 7) is 0. The molecule has 2 nitrogen and oxygen atoms in total. The van der Waals surface area contributed by atoms with Gasteiger partial charge in [0.15, 0.2) is 4.71 Å². The fraction of sp³-hybridized carbons (Fsp3) is 0.286. The molecular weight excluding hydrogens is 176 g/mol. The van der Waals surface area contributed by atoms with Crippen molar-refractivity contribution in [2.45, 2.75) is 4.71 Å². The topological polar surface area (TPSA) is 15.6 Å². The quantitative estimate of drug-likeness (QED) is 0.580. The van der Waals surface area contributed by atoms with Crippen molar-refractivity contribution in [1.29, 1.82) is 0 Å². The van der Waals surface area contributed by atoms with E-state index in [9.17, 15) is 0 Å². The molecule has 0 spiro atoms. The Morgan fingerprint density at radius 2 is 2.55 bits per heavy atom. The summed E-state index contributed by atoms with van der Waals surface area (Å²) >= 11 is 3.51. The van der Waals surface area contributed by atoms with Crippen molar-refractivity contribution in [3.8, 4) is 0 Å². The molecule has 0 aromatic rings. The maximum Gasteiger partial charge on any atom is 0.163 e. The van der Waals surface area contributed by atoms with Crippen LogP contribution in [0.3, 0.4) is 0 Å². The summed E-state index contributed by atoms with van der Waals surface area (Å²) in [6, 6.07) is 0. The van der Waals surface area contributed by atoms with Crippen LogP contribution in [0.4, 0.5) is 0 Å². The van der Waals surface area contributed by atoms with Crippen molar-refractivity contribution in [3.63, 3.8) is 0 Å². The van der Waals surface area contributed by atoms with Crippen LogP contribution >= 0.6 is 23.7 Å². The van der Waals surface area contributed by atoms with Crippen LogP contribution < -0.4 is 0 Å². The van der Waals surface area contributed by atoms with Crippen LogP contribution in [0.1, 0.15) is 0 Å². The first-order valence-electron chi connectivity index (χ1n) is 3.31. The number of thioether (sulfide) groups is 1. The minimum atomic E-state index is 0.345. The first-order valence-corrected chi connectivity index (χ1v) is 5.44. The van der Waals surface area contributed by atoms with Crippen molar-refractivity contribution in [2.24, 2.45) is 4.99 Å². The van der Waals surface area contributed by atoms with E-state index in [1.165, 1.54) is 0 Å². The fourth-order valence-corrected chi connectivity index (χ4v) is 2.47. The number of allylic oxidation sites excluding steroid dienone is 2. The lowest BCUT2D eigenvalue weighted by Crippen LogP contribution is -2.12. The van der Waals surface area contributed by atoms with Gasteiger partial charge in [0, 0.05) is 6.20 Å². The van der Waals surface area contributed by atoms with E-state index in [-0.39, 0.29) is 0 Å². The molecule has 0 aliphatic carbocycles. The highest BCUT2D eigenvalue weighted by Gasteiger charge is 2.22. The van der Waals surface area contributed by atoms with Gasteiger partial charge in [-0.3, -0.25) is 4.31 Å². The number of fused-ring (bicyclic) bond motifs is 1. The zero-order valence-electron chi connectivity index (χ0n) is 6.10. The zero-order chi connectivity index (χ0) is 7.68. The lowest BCUT2D eigenvalue weighted by Gasteiger charge is -2.13. The van der Waals surface area contributed by atoms with Crippen LogP contribution in [0, 0.1) is 0 Å². The molecule has 0 aromatic carbocycles. The lowest BCUT2D eigenvalue weighted by molar-refractivity contribution is 0.947. The smallest absolute Gasteiger partial charge is 0.163 e. The zero-order valence-corrected chi connectivity index (χ0v) is 7.73. The summed E-state index contributed by atoms with van der Waals surface area (Å²) in [5.41, 5.74) is 0. The van der Waals surface area contributed by atoms with Gasteiger partial charge in [0.1, 0.15) is 5.84 Å². The lowest BCUT2D eigenvalue weighted by atomic mass is 10.4. The van der Waals surface area contributed by atoms with Crippen molar-refractivity contribution in [2.75, 3.05) is 6.26 Å². The number of hydrogen-bond donors (Lipinski definition) is 0. The molecule has 1 atom stereocenters. The van der Waals surface area contributed by atoms with Gasteiger partial charge >= 0.3 is 0 Å². The Hall–Kier alpha value is -0.350. The van der Waals surface area contributed by atoms with Crippen molar-refractivity contribution in [3.05, 3.63) is 24.4 Å². The van der Waals surface area contributed by atoms with Gasteiger partial charge < -0.3 is 0 Å². The fourth-order valence-electron chi connectivity index (χ4n) is 0.933. The Morgan fingerprint density at radius 3 is 3.27 bits per heavy atom. The predicted octanol–water partition coefficient (Wildman–Crippen LogP) is 2.08. The van der Waals surface area contributed by atoms with E-state index >= 15 is 0 Å². The second-order valence-corrected chi connectivity index (χ2v) is 4.43. The Balaban J connectivity index is 2.19.